The zero-order chi connectivity index (χ0) is 20.3. The predicted molar refractivity (Wildman–Crippen MR) is 103 cm³/mol. The molecule has 1 fully saturated rings. The van der Waals surface area contributed by atoms with Crippen molar-refractivity contribution in [2.45, 2.75) is 38.6 Å². The fourth-order valence-corrected chi connectivity index (χ4v) is 3.43. The van der Waals surface area contributed by atoms with Gasteiger partial charge in [0.05, 0.1) is 24.9 Å². The molecule has 2 aromatic carbocycles. The fraction of sp³-hybridized carbons (Fsp3) is 0.381. The molecule has 2 aromatic rings. The Hall–Kier alpha value is -2.01. The number of nitriles is 1. The molecule has 0 N–H and O–H groups in total. The molecular weight excluding hydrogens is 432 g/mol. The number of benzene rings is 2. The summed E-state index contributed by atoms with van der Waals surface area (Å²) in [5.74, 6) is -1.44. The molecule has 0 amide bonds. The van der Waals surface area contributed by atoms with Gasteiger partial charge in [-0.2, -0.15) is 5.26 Å². The number of halogens is 3. The Bertz CT molecular complexity index is 911. The molecular formula is C21H20BrF2NO3. The van der Waals surface area contributed by atoms with E-state index in [1.807, 2.05) is 13.8 Å². The fourth-order valence-electron chi connectivity index (χ4n) is 3.09. The van der Waals surface area contributed by atoms with Crippen LogP contribution in [0.1, 0.15) is 37.0 Å². The van der Waals surface area contributed by atoms with Crippen molar-refractivity contribution in [1.29, 1.82) is 5.26 Å². The second kappa shape index (κ2) is 8.56. The standard InChI is InChI=1S/C21H20BrF2NO3/c1-21(2)27-12-17(28-21)5-6-26-20-10-16(23)8-14(18(20)11-25)7-13-3-4-15(22)9-19(13)24/h3-4,8-10,17H,5-7,12H2,1-2H3/t17-/m1/s1. The Morgan fingerprint density at radius 1 is 1.25 bits per heavy atom. The van der Waals surface area contributed by atoms with Crippen molar-refractivity contribution < 1.29 is 23.0 Å². The quantitative estimate of drug-likeness (QED) is 0.612. The maximum atomic E-state index is 14.1. The molecule has 1 aliphatic rings. The molecule has 0 aromatic heterocycles. The van der Waals surface area contributed by atoms with Crippen molar-refractivity contribution in [2.24, 2.45) is 0 Å². The zero-order valence-corrected chi connectivity index (χ0v) is 17.2. The number of ether oxygens (including phenoxy) is 3. The Kier molecular flexibility index (Phi) is 6.33. The topological polar surface area (TPSA) is 51.5 Å². The Balaban J connectivity index is 1.74. The van der Waals surface area contributed by atoms with Crippen LogP contribution in [-0.4, -0.2) is 25.1 Å². The highest BCUT2D eigenvalue weighted by molar-refractivity contribution is 9.10. The summed E-state index contributed by atoms with van der Waals surface area (Å²) in [6, 6.07) is 9.11. The van der Waals surface area contributed by atoms with E-state index in [2.05, 4.69) is 22.0 Å². The Labute approximate surface area is 171 Å². The predicted octanol–water partition coefficient (Wildman–Crippen LogP) is 5.11. The molecule has 0 radical (unpaired) electrons. The number of rotatable bonds is 6. The van der Waals surface area contributed by atoms with Gasteiger partial charge >= 0.3 is 0 Å². The molecule has 0 saturated carbocycles. The van der Waals surface area contributed by atoms with E-state index >= 15 is 0 Å². The van der Waals surface area contributed by atoms with Crippen LogP contribution in [0.5, 0.6) is 5.75 Å². The van der Waals surface area contributed by atoms with Crippen LogP contribution >= 0.6 is 15.9 Å². The summed E-state index contributed by atoms with van der Waals surface area (Å²) < 4.78 is 45.7. The van der Waals surface area contributed by atoms with Crippen molar-refractivity contribution in [3.05, 3.63) is 63.1 Å². The van der Waals surface area contributed by atoms with Crippen molar-refractivity contribution >= 4 is 15.9 Å². The second-order valence-corrected chi connectivity index (χ2v) is 7.97. The summed E-state index contributed by atoms with van der Waals surface area (Å²) in [5, 5.41) is 9.56. The van der Waals surface area contributed by atoms with Crippen molar-refractivity contribution in [3.63, 3.8) is 0 Å². The Morgan fingerprint density at radius 3 is 2.68 bits per heavy atom. The summed E-state index contributed by atoms with van der Waals surface area (Å²) in [5.41, 5.74) is 0.947. The molecule has 0 bridgehead atoms. The number of hydrogen-bond acceptors (Lipinski definition) is 4. The van der Waals surface area contributed by atoms with Gasteiger partial charge in [0.15, 0.2) is 5.79 Å². The molecule has 0 aliphatic carbocycles. The minimum absolute atomic E-state index is 0.0872. The molecule has 28 heavy (non-hydrogen) atoms. The smallest absolute Gasteiger partial charge is 0.163 e. The molecule has 1 saturated heterocycles. The lowest BCUT2D eigenvalue weighted by Crippen LogP contribution is -2.22. The first kappa shape index (κ1) is 20.7. The van der Waals surface area contributed by atoms with E-state index in [1.165, 1.54) is 18.2 Å². The van der Waals surface area contributed by atoms with Crippen molar-refractivity contribution in [1.82, 2.24) is 0 Å². The van der Waals surface area contributed by atoms with E-state index in [4.69, 9.17) is 14.2 Å². The molecule has 3 rings (SSSR count). The lowest BCUT2D eigenvalue weighted by Gasteiger charge is -2.17. The highest BCUT2D eigenvalue weighted by Gasteiger charge is 2.32. The maximum absolute atomic E-state index is 14.1. The molecule has 148 valence electrons. The molecule has 7 heteroatoms. The van der Waals surface area contributed by atoms with Gasteiger partial charge in [0, 0.05) is 23.4 Å². The van der Waals surface area contributed by atoms with Crippen LogP contribution in [0.3, 0.4) is 0 Å². The van der Waals surface area contributed by atoms with Gasteiger partial charge in [-0.25, -0.2) is 8.78 Å². The summed E-state index contributed by atoms with van der Waals surface area (Å²) in [7, 11) is 0. The largest absolute Gasteiger partial charge is 0.492 e. The molecule has 1 atom stereocenters. The third-order valence-corrected chi connectivity index (χ3v) is 4.91. The minimum atomic E-state index is -0.622. The van der Waals surface area contributed by atoms with Crippen LogP contribution in [-0.2, 0) is 15.9 Å². The summed E-state index contributed by atoms with van der Waals surface area (Å²) in [6.45, 7) is 4.37. The molecule has 0 spiro atoms. The van der Waals surface area contributed by atoms with Crippen LogP contribution in [0.25, 0.3) is 0 Å². The zero-order valence-electron chi connectivity index (χ0n) is 15.6. The first-order valence-corrected chi connectivity index (χ1v) is 9.68. The highest BCUT2D eigenvalue weighted by atomic mass is 79.9. The van der Waals surface area contributed by atoms with E-state index in [9.17, 15) is 14.0 Å². The molecule has 0 unspecified atom stereocenters. The lowest BCUT2D eigenvalue weighted by atomic mass is 9.99. The van der Waals surface area contributed by atoms with Gasteiger partial charge in [-0.1, -0.05) is 22.0 Å². The van der Waals surface area contributed by atoms with Gasteiger partial charge in [0.2, 0.25) is 0 Å². The molecule has 4 nitrogen and oxygen atoms in total. The SMILES string of the molecule is CC1(C)OC[C@@H](CCOc2cc(F)cc(Cc3ccc(Br)cc3F)c2C#N)O1. The monoisotopic (exact) mass is 451 g/mol. The third kappa shape index (κ3) is 5.07. The van der Waals surface area contributed by atoms with Crippen molar-refractivity contribution in [2.75, 3.05) is 13.2 Å². The van der Waals surface area contributed by atoms with Crippen LogP contribution in [0.2, 0.25) is 0 Å². The van der Waals surface area contributed by atoms with Gasteiger partial charge in [-0.15, -0.1) is 0 Å². The molecule has 1 aliphatic heterocycles. The van der Waals surface area contributed by atoms with Crippen LogP contribution in [0.15, 0.2) is 34.8 Å². The minimum Gasteiger partial charge on any atom is -0.492 e. The second-order valence-electron chi connectivity index (χ2n) is 7.05. The Morgan fingerprint density at radius 2 is 2.04 bits per heavy atom. The van der Waals surface area contributed by atoms with Gasteiger partial charge in [0.1, 0.15) is 23.5 Å². The average Bonchev–Trinajstić information content (AvgIpc) is 2.96. The summed E-state index contributed by atoms with van der Waals surface area (Å²) in [4.78, 5) is 0. The summed E-state index contributed by atoms with van der Waals surface area (Å²) in [6.07, 6.45) is 0.510. The maximum Gasteiger partial charge on any atom is 0.163 e. The van der Waals surface area contributed by atoms with E-state index in [-0.39, 0.29) is 30.4 Å². The van der Waals surface area contributed by atoms with Gasteiger partial charge in [-0.3, -0.25) is 0 Å². The number of hydrogen-bond donors (Lipinski definition) is 0. The van der Waals surface area contributed by atoms with Crippen LogP contribution in [0, 0.1) is 23.0 Å². The summed E-state index contributed by atoms with van der Waals surface area (Å²) >= 11 is 3.20. The van der Waals surface area contributed by atoms with E-state index in [0.717, 1.165) is 0 Å². The normalized spacial score (nSPS) is 18.1. The van der Waals surface area contributed by atoms with Crippen molar-refractivity contribution in [3.8, 4) is 11.8 Å². The number of nitrogens with zero attached hydrogens (tertiary/aromatic N) is 1. The van der Waals surface area contributed by atoms with Crippen LogP contribution in [0.4, 0.5) is 8.78 Å². The van der Waals surface area contributed by atoms with E-state index < -0.39 is 17.4 Å². The third-order valence-electron chi connectivity index (χ3n) is 4.42. The molecule has 1 heterocycles. The first-order valence-electron chi connectivity index (χ1n) is 8.88. The highest BCUT2D eigenvalue weighted by Crippen LogP contribution is 2.28. The lowest BCUT2D eigenvalue weighted by molar-refractivity contribution is -0.139. The van der Waals surface area contributed by atoms with Gasteiger partial charge in [-0.05, 0) is 43.2 Å². The van der Waals surface area contributed by atoms with E-state index in [0.29, 0.717) is 28.6 Å². The van der Waals surface area contributed by atoms with E-state index in [1.54, 1.807) is 12.1 Å². The van der Waals surface area contributed by atoms with Gasteiger partial charge < -0.3 is 14.2 Å². The first-order chi connectivity index (χ1) is 13.3. The average molecular weight is 452 g/mol. The van der Waals surface area contributed by atoms with Gasteiger partial charge in [0.25, 0.3) is 0 Å². The van der Waals surface area contributed by atoms with Crippen LogP contribution < -0.4 is 4.74 Å².